The summed E-state index contributed by atoms with van der Waals surface area (Å²) in [5, 5.41) is 5.89. The summed E-state index contributed by atoms with van der Waals surface area (Å²) in [7, 11) is 1.67. The number of nitrogens with zero attached hydrogens (tertiary/aromatic N) is 2. The lowest BCUT2D eigenvalue weighted by Crippen LogP contribution is -2.25. The Balaban J connectivity index is 2.62. The normalized spacial score (nSPS) is 10.3. The van der Waals surface area contributed by atoms with E-state index in [9.17, 15) is 4.79 Å². The molecule has 2 N–H and O–H groups in total. The van der Waals surface area contributed by atoms with Crippen molar-refractivity contribution in [2.24, 2.45) is 0 Å². The van der Waals surface area contributed by atoms with Crippen molar-refractivity contribution < 1.29 is 9.53 Å². The van der Waals surface area contributed by atoms with Gasteiger partial charge in [-0.1, -0.05) is 6.92 Å². The van der Waals surface area contributed by atoms with Crippen molar-refractivity contribution >= 4 is 11.9 Å². The van der Waals surface area contributed by atoms with E-state index in [0.717, 1.165) is 18.5 Å². The first-order valence-electron chi connectivity index (χ1n) is 6.54. The summed E-state index contributed by atoms with van der Waals surface area (Å²) in [6.07, 6.45) is 1.77. The second kappa shape index (κ2) is 8.42. The van der Waals surface area contributed by atoms with Crippen LogP contribution in [0.5, 0.6) is 0 Å². The number of hydrogen-bond donors (Lipinski definition) is 2. The van der Waals surface area contributed by atoms with Gasteiger partial charge in [-0.05, 0) is 25.8 Å². The number of amides is 1. The molecule has 6 nitrogen and oxygen atoms in total. The molecule has 19 heavy (non-hydrogen) atoms. The topological polar surface area (TPSA) is 76.1 Å². The van der Waals surface area contributed by atoms with Gasteiger partial charge < -0.3 is 15.4 Å². The second-order valence-corrected chi connectivity index (χ2v) is 4.25. The molecule has 0 aliphatic rings. The van der Waals surface area contributed by atoms with Crippen LogP contribution >= 0.6 is 0 Å². The first-order chi connectivity index (χ1) is 9.17. The second-order valence-electron chi connectivity index (χ2n) is 4.25. The van der Waals surface area contributed by atoms with E-state index in [0.29, 0.717) is 31.3 Å². The molecule has 0 radical (unpaired) electrons. The van der Waals surface area contributed by atoms with Gasteiger partial charge in [-0.15, -0.1) is 0 Å². The van der Waals surface area contributed by atoms with Crippen molar-refractivity contribution in [3.63, 3.8) is 0 Å². The highest BCUT2D eigenvalue weighted by Crippen LogP contribution is 2.05. The zero-order chi connectivity index (χ0) is 14.1. The molecule has 106 valence electrons. The van der Waals surface area contributed by atoms with E-state index >= 15 is 0 Å². The number of hydrogen-bond acceptors (Lipinski definition) is 5. The van der Waals surface area contributed by atoms with Gasteiger partial charge in [0.1, 0.15) is 5.69 Å². The van der Waals surface area contributed by atoms with Gasteiger partial charge in [-0.25, -0.2) is 9.97 Å². The molecule has 1 aromatic rings. The molecule has 0 bridgehead atoms. The third kappa shape index (κ3) is 5.65. The van der Waals surface area contributed by atoms with E-state index in [1.807, 2.05) is 13.8 Å². The number of carbonyl (C=O) groups is 1. The van der Waals surface area contributed by atoms with Crippen molar-refractivity contribution in [3.05, 3.63) is 17.5 Å². The van der Waals surface area contributed by atoms with Crippen LogP contribution in [0, 0.1) is 6.92 Å². The number of rotatable bonds is 8. The summed E-state index contributed by atoms with van der Waals surface area (Å²) in [5.74, 6) is 0.324. The Morgan fingerprint density at radius 2 is 2.16 bits per heavy atom. The molecule has 1 rings (SSSR count). The summed E-state index contributed by atoms with van der Waals surface area (Å²) in [4.78, 5) is 20.3. The monoisotopic (exact) mass is 266 g/mol. The van der Waals surface area contributed by atoms with Gasteiger partial charge in [0.15, 0.2) is 0 Å². The molecule has 0 saturated heterocycles. The Morgan fingerprint density at radius 3 is 2.84 bits per heavy atom. The zero-order valence-corrected chi connectivity index (χ0v) is 11.8. The lowest BCUT2D eigenvalue weighted by molar-refractivity contribution is 0.0948. The van der Waals surface area contributed by atoms with Gasteiger partial charge in [0, 0.05) is 32.5 Å². The molecule has 0 aliphatic carbocycles. The van der Waals surface area contributed by atoms with Crippen LogP contribution in [-0.4, -0.2) is 42.7 Å². The molecule has 6 heteroatoms. The average Bonchev–Trinajstić information content (AvgIpc) is 2.40. The van der Waals surface area contributed by atoms with E-state index in [4.69, 9.17) is 4.74 Å². The molecule has 0 saturated carbocycles. The van der Waals surface area contributed by atoms with Crippen LogP contribution in [0.1, 0.15) is 35.9 Å². The standard InChI is InChI=1S/C13H22N4O2/c1-4-6-14-12(18)11-9-10(2)16-13(17-11)15-7-5-8-19-3/h9H,4-8H2,1-3H3,(H,14,18)(H,15,16,17). The minimum absolute atomic E-state index is 0.160. The number of ether oxygens (including phenoxy) is 1. The Morgan fingerprint density at radius 1 is 1.37 bits per heavy atom. The largest absolute Gasteiger partial charge is 0.385 e. The van der Waals surface area contributed by atoms with Crippen molar-refractivity contribution in [2.75, 3.05) is 32.1 Å². The molecule has 0 unspecified atom stereocenters. The summed E-state index contributed by atoms with van der Waals surface area (Å²) >= 11 is 0. The molecule has 0 fully saturated rings. The fraction of sp³-hybridized carbons (Fsp3) is 0.615. The highest BCUT2D eigenvalue weighted by molar-refractivity contribution is 5.92. The Bertz CT molecular complexity index is 410. The lowest BCUT2D eigenvalue weighted by Gasteiger charge is -2.08. The maximum atomic E-state index is 11.8. The molecule has 1 heterocycles. The fourth-order valence-corrected chi connectivity index (χ4v) is 1.51. The van der Waals surface area contributed by atoms with Gasteiger partial charge in [0.25, 0.3) is 5.91 Å². The van der Waals surface area contributed by atoms with Crippen LogP contribution in [0.3, 0.4) is 0 Å². The van der Waals surface area contributed by atoms with E-state index in [1.54, 1.807) is 13.2 Å². The van der Waals surface area contributed by atoms with E-state index in [-0.39, 0.29) is 5.91 Å². The molecule has 1 amide bonds. The van der Waals surface area contributed by atoms with E-state index in [2.05, 4.69) is 20.6 Å². The highest BCUT2D eigenvalue weighted by Gasteiger charge is 2.09. The summed E-state index contributed by atoms with van der Waals surface area (Å²) in [6.45, 7) is 5.90. The fourth-order valence-electron chi connectivity index (χ4n) is 1.51. The van der Waals surface area contributed by atoms with Gasteiger partial charge in [-0.2, -0.15) is 0 Å². The van der Waals surface area contributed by atoms with Crippen LogP contribution in [0.2, 0.25) is 0 Å². The first kappa shape index (κ1) is 15.4. The quantitative estimate of drug-likeness (QED) is 0.695. The maximum Gasteiger partial charge on any atom is 0.270 e. The maximum absolute atomic E-state index is 11.8. The van der Waals surface area contributed by atoms with Crippen LogP contribution in [0.15, 0.2) is 6.07 Å². The van der Waals surface area contributed by atoms with Crippen LogP contribution in [0.4, 0.5) is 5.95 Å². The molecule has 0 aromatic carbocycles. The number of aryl methyl sites for hydroxylation is 1. The summed E-state index contributed by atoms with van der Waals surface area (Å²) in [5.41, 5.74) is 1.17. The van der Waals surface area contributed by atoms with Gasteiger partial charge in [0.05, 0.1) is 0 Å². The third-order valence-electron chi connectivity index (χ3n) is 2.43. The Labute approximate surface area is 114 Å². The predicted molar refractivity (Wildman–Crippen MR) is 74.4 cm³/mol. The number of aromatic nitrogens is 2. The molecule has 0 atom stereocenters. The average molecular weight is 266 g/mol. The van der Waals surface area contributed by atoms with Gasteiger partial charge in [0.2, 0.25) is 5.95 Å². The lowest BCUT2D eigenvalue weighted by atomic mass is 10.3. The smallest absolute Gasteiger partial charge is 0.270 e. The van der Waals surface area contributed by atoms with Crippen molar-refractivity contribution in [2.45, 2.75) is 26.7 Å². The van der Waals surface area contributed by atoms with Crippen molar-refractivity contribution in [1.29, 1.82) is 0 Å². The molecular formula is C13H22N4O2. The number of anilines is 1. The van der Waals surface area contributed by atoms with E-state index < -0.39 is 0 Å². The molecule has 1 aromatic heterocycles. The van der Waals surface area contributed by atoms with Crippen molar-refractivity contribution in [3.8, 4) is 0 Å². The third-order valence-corrected chi connectivity index (χ3v) is 2.43. The Kier molecular flexibility index (Phi) is 6.81. The van der Waals surface area contributed by atoms with Gasteiger partial charge >= 0.3 is 0 Å². The summed E-state index contributed by atoms with van der Waals surface area (Å²) < 4.78 is 4.96. The van der Waals surface area contributed by atoms with Crippen LogP contribution in [0.25, 0.3) is 0 Å². The highest BCUT2D eigenvalue weighted by atomic mass is 16.5. The van der Waals surface area contributed by atoms with Gasteiger partial charge in [-0.3, -0.25) is 4.79 Å². The predicted octanol–water partition coefficient (Wildman–Crippen LogP) is 1.37. The van der Waals surface area contributed by atoms with Crippen LogP contribution < -0.4 is 10.6 Å². The Hall–Kier alpha value is -1.69. The number of nitrogens with one attached hydrogen (secondary N) is 2. The minimum atomic E-state index is -0.160. The first-order valence-corrected chi connectivity index (χ1v) is 6.54. The van der Waals surface area contributed by atoms with E-state index in [1.165, 1.54) is 0 Å². The number of methoxy groups -OCH3 is 1. The van der Waals surface area contributed by atoms with Crippen molar-refractivity contribution in [1.82, 2.24) is 15.3 Å². The number of carbonyl (C=O) groups excluding carboxylic acids is 1. The zero-order valence-electron chi connectivity index (χ0n) is 11.8. The molecule has 0 spiro atoms. The minimum Gasteiger partial charge on any atom is -0.385 e. The molecular weight excluding hydrogens is 244 g/mol. The molecule has 0 aliphatic heterocycles. The van der Waals surface area contributed by atoms with Crippen LogP contribution in [-0.2, 0) is 4.74 Å². The summed E-state index contributed by atoms with van der Waals surface area (Å²) in [6, 6.07) is 1.69. The SMILES string of the molecule is CCCNC(=O)c1cc(C)nc(NCCCOC)n1.